The van der Waals surface area contributed by atoms with E-state index in [4.69, 9.17) is 15.7 Å². The van der Waals surface area contributed by atoms with Crippen molar-refractivity contribution in [2.75, 3.05) is 0 Å². The Morgan fingerprint density at radius 3 is 2.47 bits per heavy atom. The maximum atomic E-state index is 13.6. The molecule has 0 spiro atoms. The highest BCUT2D eigenvalue weighted by molar-refractivity contribution is 5.33. The molecule has 0 unspecified atom stereocenters. The largest absolute Gasteiger partial charge is 0.489 e. The van der Waals surface area contributed by atoms with Crippen molar-refractivity contribution < 1.29 is 9.13 Å². The van der Waals surface area contributed by atoms with E-state index in [9.17, 15) is 4.39 Å². The van der Waals surface area contributed by atoms with Crippen LogP contribution in [0.15, 0.2) is 42.5 Å². The molecule has 0 aromatic heterocycles. The van der Waals surface area contributed by atoms with Crippen LogP contribution < -0.4 is 10.5 Å². The third kappa shape index (κ3) is 3.30. The summed E-state index contributed by atoms with van der Waals surface area (Å²) >= 11 is 0. The monoisotopic (exact) mass is 256 g/mol. The number of nitrogens with zero attached hydrogens (tertiary/aromatic N) is 1. The topological polar surface area (TPSA) is 59.0 Å². The summed E-state index contributed by atoms with van der Waals surface area (Å²) in [7, 11) is 0. The zero-order valence-corrected chi connectivity index (χ0v) is 10.3. The van der Waals surface area contributed by atoms with Crippen LogP contribution in [0.4, 0.5) is 4.39 Å². The van der Waals surface area contributed by atoms with Gasteiger partial charge in [-0.25, -0.2) is 4.39 Å². The van der Waals surface area contributed by atoms with Crippen LogP contribution in [0, 0.1) is 17.1 Å². The fourth-order valence-corrected chi connectivity index (χ4v) is 1.62. The van der Waals surface area contributed by atoms with Crippen LogP contribution in [-0.4, -0.2) is 0 Å². The highest BCUT2D eigenvalue weighted by Gasteiger charge is 2.04. The molecular weight excluding hydrogens is 243 g/mol. The Balaban J connectivity index is 2.04. The van der Waals surface area contributed by atoms with Gasteiger partial charge in [0.1, 0.15) is 18.2 Å². The van der Waals surface area contributed by atoms with Gasteiger partial charge in [0.05, 0.1) is 11.6 Å². The van der Waals surface area contributed by atoms with E-state index in [0.29, 0.717) is 23.4 Å². The summed E-state index contributed by atoms with van der Waals surface area (Å²) in [4.78, 5) is 0. The summed E-state index contributed by atoms with van der Waals surface area (Å²) in [6, 6.07) is 13.5. The van der Waals surface area contributed by atoms with Gasteiger partial charge in [0.15, 0.2) is 0 Å². The van der Waals surface area contributed by atoms with Crippen LogP contribution in [0.2, 0.25) is 0 Å². The maximum absolute atomic E-state index is 13.6. The minimum absolute atomic E-state index is 0.125. The average Bonchev–Trinajstić information content (AvgIpc) is 2.46. The molecule has 0 bridgehead atoms. The second-order valence-electron chi connectivity index (χ2n) is 4.05. The number of rotatable bonds is 4. The van der Waals surface area contributed by atoms with Crippen molar-refractivity contribution in [2.24, 2.45) is 5.73 Å². The second kappa shape index (κ2) is 5.98. The molecule has 0 atom stereocenters. The summed E-state index contributed by atoms with van der Waals surface area (Å²) in [5.41, 5.74) is 7.22. The fraction of sp³-hybridized carbons (Fsp3) is 0.133. The second-order valence-corrected chi connectivity index (χ2v) is 4.05. The summed E-state index contributed by atoms with van der Waals surface area (Å²) in [5.74, 6) is 0.221. The first-order chi connectivity index (χ1) is 9.22. The molecule has 0 saturated heterocycles. The maximum Gasteiger partial charge on any atom is 0.131 e. The van der Waals surface area contributed by atoms with Crippen molar-refractivity contribution in [1.29, 1.82) is 5.26 Å². The molecule has 3 nitrogen and oxygen atoms in total. The van der Waals surface area contributed by atoms with Gasteiger partial charge in [-0.05, 0) is 29.8 Å². The van der Waals surface area contributed by atoms with E-state index >= 15 is 0 Å². The molecule has 2 aromatic carbocycles. The number of hydrogen-bond donors (Lipinski definition) is 1. The first kappa shape index (κ1) is 13.1. The van der Waals surface area contributed by atoms with Gasteiger partial charge >= 0.3 is 0 Å². The molecule has 0 heterocycles. The highest BCUT2D eigenvalue weighted by Crippen LogP contribution is 2.16. The number of ether oxygens (including phenoxy) is 1. The standard InChI is InChI=1S/C15H13FN2O/c16-15-7-12(9-18)1-4-13(15)10-19-14-5-2-11(8-17)3-6-14/h1-7H,8,10,17H2. The number of hydrogen-bond acceptors (Lipinski definition) is 3. The van der Waals surface area contributed by atoms with Crippen molar-refractivity contribution in [3.05, 3.63) is 65.0 Å². The van der Waals surface area contributed by atoms with Crippen LogP contribution in [0.1, 0.15) is 16.7 Å². The van der Waals surface area contributed by atoms with Crippen LogP contribution >= 0.6 is 0 Å². The predicted molar refractivity (Wildman–Crippen MR) is 69.8 cm³/mol. The van der Waals surface area contributed by atoms with Gasteiger partial charge in [0, 0.05) is 12.1 Å². The van der Waals surface area contributed by atoms with Gasteiger partial charge in [-0.2, -0.15) is 5.26 Å². The molecule has 2 rings (SSSR count). The fourth-order valence-electron chi connectivity index (χ4n) is 1.62. The summed E-state index contributed by atoms with van der Waals surface area (Å²) in [5, 5.41) is 8.65. The molecular formula is C15H13FN2O. The molecule has 0 aliphatic heterocycles. The normalized spacial score (nSPS) is 9.95. The van der Waals surface area contributed by atoms with Crippen molar-refractivity contribution in [3.63, 3.8) is 0 Å². The van der Waals surface area contributed by atoms with Crippen molar-refractivity contribution in [1.82, 2.24) is 0 Å². The minimum Gasteiger partial charge on any atom is -0.489 e. The van der Waals surface area contributed by atoms with Crippen molar-refractivity contribution in [3.8, 4) is 11.8 Å². The molecule has 19 heavy (non-hydrogen) atoms. The number of nitriles is 1. The van der Waals surface area contributed by atoms with Crippen LogP contribution in [0.25, 0.3) is 0 Å². The number of halogens is 1. The lowest BCUT2D eigenvalue weighted by Gasteiger charge is -2.08. The van der Waals surface area contributed by atoms with E-state index in [1.807, 2.05) is 18.2 Å². The molecule has 0 saturated carbocycles. The molecule has 4 heteroatoms. The van der Waals surface area contributed by atoms with Gasteiger partial charge in [-0.1, -0.05) is 18.2 Å². The van der Waals surface area contributed by atoms with Crippen LogP contribution in [0.3, 0.4) is 0 Å². The molecule has 0 amide bonds. The first-order valence-electron chi connectivity index (χ1n) is 5.83. The number of nitrogens with two attached hydrogens (primary N) is 1. The van der Waals surface area contributed by atoms with Gasteiger partial charge in [0.2, 0.25) is 0 Å². The Hall–Kier alpha value is -2.38. The van der Waals surface area contributed by atoms with Gasteiger partial charge < -0.3 is 10.5 Å². The van der Waals surface area contributed by atoms with E-state index in [1.165, 1.54) is 6.07 Å². The quantitative estimate of drug-likeness (QED) is 0.915. The predicted octanol–water partition coefficient (Wildman–Crippen LogP) is 2.74. The highest BCUT2D eigenvalue weighted by atomic mass is 19.1. The van der Waals surface area contributed by atoms with E-state index in [1.54, 1.807) is 24.3 Å². The number of benzene rings is 2. The van der Waals surface area contributed by atoms with Gasteiger partial charge in [-0.15, -0.1) is 0 Å². The van der Waals surface area contributed by atoms with E-state index in [-0.39, 0.29) is 6.61 Å². The lowest BCUT2D eigenvalue weighted by Crippen LogP contribution is -2.00. The Bertz CT molecular complexity index is 603. The minimum atomic E-state index is -0.433. The molecule has 0 radical (unpaired) electrons. The van der Waals surface area contributed by atoms with Crippen molar-refractivity contribution in [2.45, 2.75) is 13.2 Å². The zero-order valence-electron chi connectivity index (χ0n) is 10.3. The van der Waals surface area contributed by atoms with Crippen LogP contribution in [0.5, 0.6) is 5.75 Å². The molecule has 96 valence electrons. The summed E-state index contributed by atoms with van der Waals surface area (Å²) in [6.45, 7) is 0.601. The summed E-state index contributed by atoms with van der Waals surface area (Å²) < 4.78 is 19.1. The molecule has 0 aliphatic carbocycles. The Kier molecular flexibility index (Phi) is 4.11. The first-order valence-corrected chi connectivity index (χ1v) is 5.83. The average molecular weight is 256 g/mol. The smallest absolute Gasteiger partial charge is 0.131 e. The SMILES string of the molecule is N#Cc1ccc(COc2ccc(CN)cc2)c(F)c1. The third-order valence-electron chi connectivity index (χ3n) is 2.74. The van der Waals surface area contributed by atoms with Crippen LogP contribution in [-0.2, 0) is 13.2 Å². The van der Waals surface area contributed by atoms with Gasteiger partial charge in [0.25, 0.3) is 0 Å². The third-order valence-corrected chi connectivity index (χ3v) is 2.74. The van der Waals surface area contributed by atoms with E-state index < -0.39 is 5.82 Å². The zero-order chi connectivity index (χ0) is 13.7. The Morgan fingerprint density at radius 2 is 1.89 bits per heavy atom. The molecule has 2 N–H and O–H groups in total. The van der Waals surface area contributed by atoms with Crippen molar-refractivity contribution >= 4 is 0 Å². The molecule has 2 aromatic rings. The molecule has 0 fully saturated rings. The Morgan fingerprint density at radius 1 is 1.16 bits per heavy atom. The Labute approximate surface area is 111 Å². The van der Waals surface area contributed by atoms with E-state index in [2.05, 4.69) is 0 Å². The summed E-state index contributed by atoms with van der Waals surface area (Å²) in [6.07, 6.45) is 0. The lowest BCUT2D eigenvalue weighted by molar-refractivity contribution is 0.300. The van der Waals surface area contributed by atoms with Gasteiger partial charge in [-0.3, -0.25) is 0 Å². The van der Waals surface area contributed by atoms with E-state index in [0.717, 1.165) is 5.56 Å². The molecule has 0 aliphatic rings. The lowest BCUT2D eigenvalue weighted by atomic mass is 10.1.